The van der Waals surface area contributed by atoms with E-state index in [1.165, 1.54) is 18.3 Å². The third-order valence-corrected chi connectivity index (χ3v) is 8.55. The maximum Gasteiger partial charge on any atom is 0.338 e. The largest absolute Gasteiger partial charge is 0.462 e. The number of hydrogen-bond donors (Lipinski definition) is 3. The molecular formula is C36H33ClN8O5. The fraction of sp³-hybridized carbons (Fsp3) is 0.222. The molecule has 4 aromatic heterocycles. The molecule has 14 heteroatoms. The first-order chi connectivity index (χ1) is 24.4. The average molecular weight is 693 g/mol. The normalized spacial score (nSPS) is 13.0. The minimum Gasteiger partial charge on any atom is -0.462 e. The molecule has 1 fully saturated rings. The van der Waals surface area contributed by atoms with Gasteiger partial charge in [-0.3, -0.25) is 0 Å². The van der Waals surface area contributed by atoms with E-state index in [0.29, 0.717) is 52.0 Å². The van der Waals surface area contributed by atoms with Crippen molar-refractivity contribution in [1.29, 1.82) is 0 Å². The Hall–Kier alpha value is -5.79. The Bertz CT molecular complexity index is 2330. The lowest BCUT2D eigenvalue weighted by Crippen LogP contribution is -2.36. The Morgan fingerprint density at radius 3 is 1.94 bits per heavy atom. The first kappa shape index (κ1) is 32.7. The lowest BCUT2D eigenvalue weighted by atomic mass is 10.1. The Kier molecular flexibility index (Phi) is 9.41. The smallest absolute Gasteiger partial charge is 0.338 e. The molecule has 3 N–H and O–H groups in total. The molecule has 1 aliphatic heterocycles. The number of nitrogens with zero attached hydrogens (tertiary/aromatic N) is 5. The summed E-state index contributed by atoms with van der Waals surface area (Å²) in [6.07, 6.45) is 2.92. The summed E-state index contributed by atoms with van der Waals surface area (Å²) in [5.74, 6) is -0.0214. The van der Waals surface area contributed by atoms with Crippen molar-refractivity contribution < 1.29 is 23.8 Å². The molecule has 0 radical (unpaired) electrons. The highest BCUT2D eigenvalue weighted by molar-refractivity contribution is 6.36. The van der Waals surface area contributed by atoms with Gasteiger partial charge >= 0.3 is 11.9 Å². The first-order valence-corrected chi connectivity index (χ1v) is 16.5. The van der Waals surface area contributed by atoms with Gasteiger partial charge in [0.1, 0.15) is 34.9 Å². The van der Waals surface area contributed by atoms with Crippen molar-refractivity contribution >= 4 is 84.6 Å². The van der Waals surface area contributed by atoms with Crippen molar-refractivity contribution in [2.45, 2.75) is 13.8 Å². The van der Waals surface area contributed by atoms with E-state index in [1.807, 2.05) is 24.3 Å². The summed E-state index contributed by atoms with van der Waals surface area (Å²) in [6, 6.07) is 19.0. The van der Waals surface area contributed by atoms with Crippen LogP contribution < -0.4 is 10.2 Å². The number of H-pyrrole nitrogens is 2. The SMILES string of the molecule is CCOC(=O)c1ccc2[nH]c3ncnc(Cl)c3c2c1.CCOC(=O)c1ccc2[nH]c3ncnc(Nc4ccc(N5CCOCC5)cc4)c3c2c1. The molecule has 0 bridgehead atoms. The third-order valence-electron chi connectivity index (χ3n) is 8.26. The van der Waals surface area contributed by atoms with Gasteiger partial charge in [-0.1, -0.05) is 11.6 Å². The zero-order valence-electron chi connectivity index (χ0n) is 27.3. The molecule has 1 aliphatic rings. The summed E-state index contributed by atoms with van der Waals surface area (Å²) in [4.78, 5) is 49.6. The highest BCUT2D eigenvalue weighted by Crippen LogP contribution is 2.32. The molecule has 1 saturated heterocycles. The molecule has 8 rings (SSSR count). The number of rotatable bonds is 7. The van der Waals surface area contributed by atoms with Gasteiger partial charge < -0.3 is 34.4 Å². The van der Waals surface area contributed by atoms with Gasteiger partial charge in [-0.15, -0.1) is 0 Å². The predicted octanol–water partition coefficient (Wildman–Crippen LogP) is 6.81. The molecule has 50 heavy (non-hydrogen) atoms. The van der Waals surface area contributed by atoms with E-state index in [9.17, 15) is 9.59 Å². The number of esters is 2. The molecule has 7 aromatic rings. The summed E-state index contributed by atoms with van der Waals surface area (Å²) in [7, 11) is 0. The van der Waals surface area contributed by atoms with E-state index in [2.05, 4.69) is 52.3 Å². The number of halogens is 1. The van der Waals surface area contributed by atoms with Gasteiger partial charge in [0, 0.05) is 46.3 Å². The third kappa shape index (κ3) is 6.60. The lowest BCUT2D eigenvalue weighted by molar-refractivity contribution is 0.0517. The summed E-state index contributed by atoms with van der Waals surface area (Å²) in [6.45, 7) is 7.56. The molecule has 13 nitrogen and oxygen atoms in total. The quantitative estimate of drug-likeness (QED) is 0.119. The van der Waals surface area contributed by atoms with Gasteiger partial charge in [0.15, 0.2) is 0 Å². The molecular weight excluding hydrogens is 660 g/mol. The molecule has 5 heterocycles. The minimum atomic E-state index is -0.355. The van der Waals surface area contributed by atoms with Crippen molar-refractivity contribution in [2.24, 2.45) is 0 Å². The number of anilines is 3. The van der Waals surface area contributed by atoms with Gasteiger partial charge in [-0.25, -0.2) is 29.5 Å². The zero-order valence-corrected chi connectivity index (χ0v) is 28.1. The van der Waals surface area contributed by atoms with Crippen LogP contribution in [0.2, 0.25) is 5.15 Å². The van der Waals surface area contributed by atoms with Crippen molar-refractivity contribution in [1.82, 2.24) is 29.9 Å². The molecule has 0 amide bonds. The molecule has 0 spiro atoms. The fourth-order valence-electron chi connectivity index (χ4n) is 5.90. The maximum absolute atomic E-state index is 12.2. The Balaban J connectivity index is 0.000000176. The summed E-state index contributed by atoms with van der Waals surface area (Å²) < 4.78 is 15.6. The number of morpholine rings is 1. The van der Waals surface area contributed by atoms with E-state index in [1.54, 1.807) is 38.1 Å². The van der Waals surface area contributed by atoms with Crippen LogP contribution in [0, 0.1) is 0 Å². The number of benzene rings is 3. The Morgan fingerprint density at radius 2 is 1.34 bits per heavy atom. The first-order valence-electron chi connectivity index (χ1n) is 16.2. The molecule has 0 unspecified atom stereocenters. The van der Waals surface area contributed by atoms with Crippen LogP contribution in [0.3, 0.4) is 0 Å². The number of nitrogens with one attached hydrogen (secondary N) is 3. The minimum absolute atomic E-state index is 0.334. The van der Waals surface area contributed by atoms with Crippen LogP contribution in [0.25, 0.3) is 43.9 Å². The van der Waals surface area contributed by atoms with Crippen LogP contribution in [0.5, 0.6) is 0 Å². The standard InChI is InChI=1S/C23H23N5O3.C13H10ClN3O2/c1-2-31-23(29)15-3-8-19-18(13-15)20-21(24-14-25-22(20)27-19)26-16-4-6-17(7-5-16)28-9-11-30-12-10-28;1-2-19-13(18)7-3-4-9-8(5-7)10-11(14)15-6-16-12(10)17-9/h3-8,13-14H,2,9-12H2,1H3,(H2,24,25,26,27);3-6H,2H2,1H3,(H,15,16,17). The second-order valence-electron chi connectivity index (χ2n) is 11.3. The maximum atomic E-state index is 12.2. The van der Waals surface area contributed by atoms with E-state index < -0.39 is 0 Å². The number of hydrogen-bond acceptors (Lipinski definition) is 11. The van der Waals surface area contributed by atoms with Crippen molar-refractivity contribution in [3.05, 3.63) is 89.6 Å². The molecule has 0 aliphatic carbocycles. The second kappa shape index (κ2) is 14.4. The van der Waals surface area contributed by atoms with Crippen LogP contribution in [0.1, 0.15) is 34.6 Å². The number of carbonyl (C=O) groups excluding carboxylic acids is 2. The zero-order chi connectivity index (χ0) is 34.6. The van der Waals surface area contributed by atoms with Gasteiger partial charge in [-0.05, 0) is 74.5 Å². The predicted molar refractivity (Wildman–Crippen MR) is 192 cm³/mol. The molecule has 0 atom stereocenters. The van der Waals surface area contributed by atoms with Crippen LogP contribution in [-0.2, 0) is 14.2 Å². The van der Waals surface area contributed by atoms with Crippen molar-refractivity contribution in [2.75, 3.05) is 49.7 Å². The number of ether oxygens (including phenoxy) is 3. The summed E-state index contributed by atoms with van der Waals surface area (Å²) >= 11 is 6.08. The fourth-order valence-corrected chi connectivity index (χ4v) is 6.13. The lowest BCUT2D eigenvalue weighted by Gasteiger charge is -2.28. The van der Waals surface area contributed by atoms with Crippen LogP contribution >= 0.6 is 11.6 Å². The average Bonchev–Trinajstić information content (AvgIpc) is 3.72. The number of aromatic amines is 2. The van der Waals surface area contributed by atoms with Gasteiger partial charge in [0.05, 0.1) is 48.3 Å². The van der Waals surface area contributed by atoms with Gasteiger partial charge in [0.25, 0.3) is 0 Å². The number of aromatic nitrogens is 6. The van der Waals surface area contributed by atoms with Crippen LogP contribution in [-0.4, -0.2) is 81.4 Å². The number of fused-ring (bicyclic) bond motifs is 6. The molecule has 3 aromatic carbocycles. The van der Waals surface area contributed by atoms with Crippen molar-refractivity contribution in [3.63, 3.8) is 0 Å². The van der Waals surface area contributed by atoms with Crippen molar-refractivity contribution in [3.8, 4) is 0 Å². The highest BCUT2D eigenvalue weighted by atomic mass is 35.5. The van der Waals surface area contributed by atoms with Gasteiger partial charge in [0.2, 0.25) is 0 Å². The Labute approximate surface area is 290 Å². The summed E-state index contributed by atoms with van der Waals surface area (Å²) in [5.41, 5.74) is 6.17. The second-order valence-corrected chi connectivity index (χ2v) is 11.7. The number of carbonyl (C=O) groups is 2. The van der Waals surface area contributed by atoms with Crippen LogP contribution in [0.4, 0.5) is 17.2 Å². The van der Waals surface area contributed by atoms with E-state index in [-0.39, 0.29) is 11.9 Å². The topological polar surface area (TPSA) is 160 Å². The van der Waals surface area contributed by atoms with E-state index in [0.717, 1.165) is 59.2 Å². The monoisotopic (exact) mass is 692 g/mol. The Morgan fingerprint density at radius 1 is 0.780 bits per heavy atom. The van der Waals surface area contributed by atoms with Crippen LogP contribution in [0.15, 0.2) is 73.3 Å². The molecule has 254 valence electrons. The highest BCUT2D eigenvalue weighted by Gasteiger charge is 2.16. The van der Waals surface area contributed by atoms with E-state index in [4.69, 9.17) is 25.8 Å². The van der Waals surface area contributed by atoms with E-state index >= 15 is 0 Å². The summed E-state index contributed by atoms with van der Waals surface area (Å²) in [5, 5.41) is 6.98. The molecule has 0 saturated carbocycles. The van der Waals surface area contributed by atoms with Gasteiger partial charge in [-0.2, -0.15) is 0 Å².